The summed E-state index contributed by atoms with van der Waals surface area (Å²) in [5, 5.41) is 7.06. The number of rotatable bonds is 5. The molecule has 0 aliphatic rings. The first-order valence-electron chi connectivity index (χ1n) is 4.89. The summed E-state index contributed by atoms with van der Waals surface area (Å²) in [7, 11) is -3.98. The smallest absolute Gasteiger partial charge is 0.323 e. The molecule has 1 atom stereocenters. The molecule has 0 aliphatic heterocycles. The van der Waals surface area contributed by atoms with Crippen LogP contribution in [0.4, 0.5) is 4.39 Å². The Morgan fingerprint density at radius 2 is 2.17 bits per heavy atom. The monoisotopic (exact) mass is 339 g/mol. The molecule has 0 aliphatic carbocycles. The van der Waals surface area contributed by atoms with Gasteiger partial charge in [-0.15, -0.1) is 0 Å². The maximum absolute atomic E-state index is 13.0. The van der Waals surface area contributed by atoms with E-state index in [1.807, 2.05) is 0 Å². The first-order valence-corrected chi connectivity index (χ1v) is 7.23. The third-order valence-electron chi connectivity index (χ3n) is 2.28. The fourth-order valence-electron chi connectivity index (χ4n) is 1.11. The lowest BCUT2D eigenvalue weighted by molar-refractivity contribution is -0.136. The summed E-state index contributed by atoms with van der Waals surface area (Å²) in [5.41, 5.74) is 0.385. The van der Waals surface area contributed by atoms with Gasteiger partial charge in [-0.3, -0.25) is 4.79 Å². The van der Waals surface area contributed by atoms with Crippen molar-refractivity contribution in [1.29, 1.82) is 0 Å². The van der Waals surface area contributed by atoms with E-state index >= 15 is 0 Å². The molecule has 1 aromatic carbocycles. The minimum atomic E-state index is -3.98. The number of carboxylic acid groups (broad SMARTS) is 1. The van der Waals surface area contributed by atoms with Crippen LogP contribution in [0.1, 0.15) is 12.5 Å². The van der Waals surface area contributed by atoms with Crippen LogP contribution in [0.2, 0.25) is 0 Å². The van der Waals surface area contributed by atoms with Crippen LogP contribution in [0.3, 0.4) is 0 Å². The molecule has 0 radical (unpaired) electrons. The second-order valence-corrected chi connectivity index (χ2v) is 6.52. The maximum Gasteiger partial charge on any atom is 0.323 e. The third kappa shape index (κ3) is 3.76. The fraction of sp³-hybridized carbons (Fsp3) is 0.300. The fourth-order valence-corrected chi connectivity index (χ4v) is 2.37. The highest BCUT2D eigenvalue weighted by atomic mass is 79.9. The Labute approximate surface area is 112 Å². The average molecular weight is 340 g/mol. The number of halogens is 2. The maximum atomic E-state index is 13.0. The van der Waals surface area contributed by atoms with E-state index < -0.39 is 27.1 Å². The van der Waals surface area contributed by atoms with E-state index in [9.17, 15) is 17.6 Å². The second kappa shape index (κ2) is 5.77. The molecule has 0 fully saturated rings. The molecule has 2 N–H and O–H groups in total. The van der Waals surface area contributed by atoms with Crippen LogP contribution < -0.4 is 4.72 Å². The van der Waals surface area contributed by atoms with Crippen LogP contribution in [0, 0.1) is 5.82 Å². The molecule has 8 heteroatoms. The van der Waals surface area contributed by atoms with Gasteiger partial charge in [0.05, 0.1) is 0 Å². The van der Waals surface area contributed by atoms with Gasteiger partial charge in [-0.05, 0) is 30.7 Å². The number of carboxylic acids is 1. The Hall–Kier alpha value is -0.990. The van der Waals surface area contributed by atoms with Gasteiger partial charge in [-0.25, -0.2) is 17.5 Å². The van der Waals surface area contributed by atoms with Crippen molar-refractivity contribution in [3.05, 3.63) is 34.1 Å². The van der Waals surface area contributed by atoms with E-state index in [0.29, 0.717) is 10.0 Å². The summed E-state index contributed by atoms with van der Waals surface area (Å²) in [6, 6.07) is 3.83. The molecule has 0 amide bonds. The summed E-state index contributed by atoms with van der Waals surface area (Å²) in [4.78, 5) is 10.6. The van der Waals surface area contributed by atoms with Crippen molar-refractivity contribution in [2.75, 3.05) is 0 Å². The number of hydrogen-bond acceptors (Lipinski definition) is 3. The summed E-state index contributed by atoms with van der Waals surface area (Å²) in [6.45, 7) is 0.879. The summed E-state index contributed by atoms with van der Waals surface area (Å²) < 4.78 is 38.7. The van der Waals surface area contributed by atoms with E-state index in [1.54, 1.807) is 0 Å². The lowest BCUT2D eigenvalue weighted by Gasteiger charge is -2.11. The molecule has 100 valence electrons. The van der Waals surface area contributed by atoms with Gasteiger partial charge in [0.2, 0.25) is 10.0 Å². The molecule has 5 nitrogen and oxygen atoms in total. The highest BCUT2D eigenvalue weighted by molar-refractivity contribution is 9.10. The molecule has 1 aromatic rings. The minimum absolute atomic E-state index is 0.182. The predicted molar refractivity (Wildman–Crippen MR) is 67.0 cm³/mol. The van der Waals surface area contributed by atoms with Gasteiger partial charge in [0.15, 0.2) is 5.25 Å². The molecule has 0 saturated carbocycles. The molecule has 1 unspecified atom stereocenters. The van der Waals surface area contributed by atoms with Gasteiger partial charge in [0.1, 0.15) is 5.82 Å². The Kier molecular flexibility index (Phi) is 4.83. The van der Waals surface area contributed by atoms with E-state index in [-0.39, 0.29) is 6.54 Å². The van der Waals surface area contributed by atoms with Crippen molar-refractivity contribution < 1.29 is 22.7 Å². The second-order valence-electron chi connectivity index (χ2n) is 3.58. The number of aliphatic carboxylic acids is 1. The van der Waals surface area contributed by atoms with E-state index in [4.69, 9.17) is 5.11 Å². The molecule has 18 heavy (non-hydrogen) atoms. The molecule has 0 bridgehead atoms. The number of sulfonamides is 1. The Balaban J connectivity index is 2.82. The minimum Gasteiger partial charge on any atom is -0.480 e. The van der Waals surface area contributed by atoms with Crippen LogP contribution in [0.15, 0.2) is 22.7 Å². The van der Waals surface area contributed by atoms with Gasteiger partial charge in [0.25, 0.3) is 0 Å². The van der Waals surface area contributed by atoms with Crippen LogP contribution in [0.25, 0.3) is 0 Å². The van der Waals surface area contributed by atoms with Crippen LogP contribution in [-0.2, 0) is 21.4 Å². The quantitative estimate of drug-likeness (QED) is 0.851. The van der Waals surface area contributed by atoms with Crippen LogP contribution >= 0.6 is 15.9 Å². The first kappa shape index (κ1) is 15.1. The van der Waals surface area contributed by atoms with Crippen LogP contribution in [0.5, 0.6) is 0 Å². The first-order chi connectivity index (χ1) is 8.24. The number of carbonyl (C=O) groups is 1. The SMILES string of the molecule is CC(C(=O)O)S(=O)(=O)NCc1cc(F)ccc1Br. The lowest BCUT2D eigenvalue weighted by atomic mass is 10.2. The average Bonchev–Trinajstić information content (AvgIpc) is 2.29. The Morgan fingerprint density at radius 1 is 1.56 bits per heavy atom. The number of nitrogens with one attached hydrogen (secondary N) is 1. The summed E-state index contributed by atoms with van der Waals surface area (Å²) in [5.74, 6) is -1.94. The molecule has 0 heterocycles. The van der Waals surface area contributed by atoms with Crippen LogP contribution in [-0.4, -0.2) is 24.7 Å². The van der Waals surface area contributed by atoms with Gasteiger partial charge in [-0.2, -0.15) is 0 Å². The Morgan fingerprint density at radius 3 is 2.72 bits per heavy atom. The molecule has 1 rings (SSSR count). The highest BCUT2D eigenvalue weighted by Crippen LogP contribution is 2.18. The zero-order valence-corrected chi connectivity index (χ0v) is 11.8. The van der Waals surface area contributed by atoms with E-state index in [0.717, 1.165) is 13.0 Å². The van der Waals surface area contributed by atoms with Gasteiger partial charge >= 0.3 is 5.97 Å². The standard InChI is InChI=1S/C10H11BrFNO4S/c1-6(10(14)15)18(16,17)13-5-7-4-8(12)2-3-9(7)11/h2-4,6,13H,5H2,1H3,(H,14,15). The predicted octanol–water partition coefficient (Wildman–Crippen LogP) is 1.48. The number of benzene rings is 1. The van der Waals surface area contributed by atoms with Gasteiger partial charge in [-0.1, -0.05) is 15.9 Å². The largest absolute Gasteiger partial charge is 0.480 e. The van der Waals surface area contributed by atoms with Gasteiger partial charge in [0, 0.05) is 11.0 Å². The van der Waals surface area contributed by atoms with Crippen molar-refractivity contribution in [2.24, 2.45) is 0 Å². The lowest BCUT2D eigenvalue weighted by Crippen LogP contribution is -2.37. The zero-order valence-electron chi connectivity index (χ0n) is 9.35. The summed E-state index contributed by atoms with van der Waals surface area (Å²) >= 11 is 3.15. The highest BCUT2D eigenvalue weighted by Gasteiger charge is 2.27. The Bertz CT molecular complexity index is 561. The van der Waals surface area contributed by atoms with E-state index in [2.05, 4.69) is 20.7 Å². The molecule has 0 aromatic heterocycles. The topological polar surface area (TPSA) is 83.5 Å². The van der Waals surface area contributed by atoms with E-state index in [1.165, 1.54) is 12.1 Å². The van der Waals surface area contributed by atoms with Crippen molar-refractivity contribution in [2.45, 2.75) is 18.7 Å². The molecule has 0 spiro atoms. The number of hydrogen-bond donors (Lipinski definition) is 2. The van der Waals surface area contributed by atoms with Gasteiger partial charge < -0.3 is 5.11 Å². The normalized spacial score (nSPS) is 13.3. The van der Waals surface area contributed by atoms with Crippen molar-refractivity contribution >= 4 is 31.9 Å². The van der Waals surface area contributed by atoms with Crippen molar-refractivity contribution in [3.63, 3.8) is 0 Å². The van der Waals surface area contributed by atoms with Crippen molar-refractivity contribution in [3.8, 4) is 0 Å². The third-order valence-corrected chi connectivity index (χ3v) is 4.74. The zero-order chi connectivity index (χ0) is 13.9. The molecular weight excluding hydrogens is 329 g/mol. The molecule has 0 saturated heterocycles. The molecular formula is C10H11BrFNO4S. The van der Waals surface area contributed by atoms with Crippen molar-refractivity contribution in [1.82, 2.24) is 4.72 Å². The summed E-state index contributed by atoms with van der Waals surface area (Å²) in [6.07, 6.45) is 0.